The van der Waals surface area contributed by atoms with Crippen molar-refractivity contribution in [2.75, 3.05) is 13.2 Å². The first-order valence-electron chi connectivity index (χ1n) is 5.29. The van der Waals surface area contributed by atoms with Crippen molar-refractivity contribution >= 4 is 0 Å². The van der Waals surface area contributed by atoms with Gasteiger partial charge in [0.05, 0.1) is 0 Å². The number of rotatable bonds is 5. The molecule has 96 valence electrons. The SMILES string of the molecule is CCNCc1ccc(OCC(F)(F)F)nc1C. The highest BCUT2D eigenvalue weighted by Crippen LogP contribution is 2.18. The van der Waals surface area contributed by atoms with Crippen LogP contribution in [0.3, 0.4) is 0 Å². The lowest BCUT2D eigenvalue weighted by Gasteiger charge is -2.10. The molecule has 0 atom stereocenters. The smallest absolute Gasteiger partial charge is 0.422 e. The minimum atomic E-state index is -4.34. The van der Waals surface area contributed by atoms with Gasteiger partial charge >= 0.3 is 6.18 Å². The maximum Gasteiger partial charge on any atom is 0.422 e. The zero-order valence-corrected chi connectivity index (χ0v) is 9.77. The van der Waals surface area contributed by atoms with Gasteiger partial charge in [-0.3, -0.25) is 0 Å². The lowest BCUT2D eigenvalue weighted by atomic mass is 10.2. The molecule has 1 aromatic heterocycles. The summed E-state index contributed by atoms with van der Waals surface area (Å²) in [5.74, 6) is 0.0000680. The summed E-state index contributed by atoms with van der Waals surface area (Å²) in [6, 6.07) is 3.17. The number of hydrogen-bond acceptors (Lipinski definition) is 3. The van der Waals surface area contributed by atoms with E-state index in [1.54, 1.807) is 13.0 Å². The highest BCUT2D eigenvalue weighted by molar-refractivity contribution is 5.24. The Bertz CT molecular complexity index is 366. The molecule has 0 spiro atoms. The molecular formula is C11H15F3N2O. The Morgan fingerprint density at radius 1 is 1.35 bits per heavy atom. The van der Waals surface area contributed by atoms with E-state index in [0.29, 0.717) is 12.2 Å². The number of aromatic nitrogens is 1. The molecule has 0 aliphatic heterocycles. The number of nitrogens with one attached hydrogen (secondary N) is 1. The van der Waals surface area contributed by atoms with E-state index >= 15 is 0 Å². The second-order valence-corrected chi connectivity index (χ2v) is 3.58. The fourth-order valence-electron chi connectivity index (χ4n) is 1.25. The molecule has 0 aliphatic carbocycles. The lowest BCUT2D eigenvalue weighted by Crippen LogP contribution is -2.20. The van der Waals surface area contributed by atoms with Crippen LogP contribution in [0.4, 0.5) is 13.2 Å². The minimum Gasteiger partial charge on any atom is -0.468 e. The van der Waals surface area contributed by atoms with Crippen molar-refractivity contribution in [3.05, 3.63) is 23.4 Å². The summed E-state index contributed by atoms with van der Waals surface area (Å²) in [4.78, 5) is 3.97. The molecule has 0 saturated carbocycles. The molecule has 0 bridgehead atoms. The standard InChI is InChI=1S/C11H15F3N2O/c1-3-15-6-9-4-5-10(16-8(9)2)17-7-11(12,13)14/h4-5,15H,3,6-7H2,1-2H3. The zero-order valence-electron chi connectivity index (χ0n) is 9.77. The van der Waals surface area contributed by atoms with E-state index in [9.17, 15) is 13.2 Å². The quantitative estimate of drug-likeness (QED) is 0.869. The van der Waals surface area contributed by atoms with E-state index in [-0.39, 0.29) is 5.88 Å². The Morgan fingerprint density at radius 2 is 2.06 bits per heavy atom. The topological polar surface area (TPSA) is 34.1 Å². The summed E-state index contributed by atoms with van der Waals surface area (Å²) >= 11 is 0. The molecule has 0 unspecified atom stereocenters. The first-order chi connectivity index (χ1) is 7.92. The lowest BCUT2D eigenvalue weighted by molar-refractivity contribution is -0.154. The summed E-state index contributed by atoms with van der Waals surface area (Å²) in [5.41, 5.74) is 1.62. The van der Waals surface area contributed by atoms with Crippen molar-refractivity contribution in [3.8, 4) is 5.88 Å². The van der Waals surface area contributed by atoms with Crippen molar-refractivity contribution in [3.63, 3.8) is 0 Å². The largest absolute Gasteiger partial charge is 0.468 e. The van der Waals surface area contributed by atoms with Crippen LogP contribution < -0.4 is 10.1 Å². The van der Waals surface area contributed by atoms with Gasteiger partial charge in [-0.25, -0.2) is 4.98 Å². The third-order valence-corrected chi connectivity index (χ3v) is 2.12. The van der Waals surface area contributed by atoms with Crippen LogP contribution in [0.15, 0.2) is 12.1 Å². The van der Waals surface area contributed by atoms with Gasteiger partial charge in [0.2, 0.25) is 5.88 Å². The van der Waals surface area contributed by atoms with E-state index < -0.39 is 12.8 Å². The van der Waals surface area contributed by atoms with E-state index in [2.05, 4.69) is 15.0 Å². The summed E-state index contributed by atoms with van der Waals surface area (Å²) in [7, 11) is 0. The van der Waals surface area contributed by atoms with Gasteiger partial charge < -0.3 is 10.1 Å². The first-order valence-corrected chi connectivity index (χ1v) is 5.29. The Hall–Kier alpha value is -1.30. The van der Waals surface area contributed by atoms with E-state index in [0.717, 1.165) is 12.1 Å². The van der Waals surface area contributed by atoms with Gasteiger partial charge in [0.15, 0.2) is 6.61 Å². The van der Waals surface area contributed by atoms with Gasteiger partial charge in [-0.15, -0.1) is 0 Å². The van der Waals surface area contributed by atoms with Crippen LogP contribution >= 0.6 is 0 Å². The highest BCUT2D eigenvalue weighted by atomic mass is 19.4. The molecule has 0 aliphatic rings. The molecule has 0 amide bonds. The zero-order chi connectivity index (χ0) is 12.9. The Labute approximate surface area is 98.0 Å². The molecule has 0 saturated heterocycles. The van der Waals surface area contributed by atoms with Crippen LogP contribution in [0, 0.1) is 6.92 Å². The van der Waals surface area contributed by atoms with Crippen LogP contribution in [-0.4, -0.2) is 24.3 Å². The molecule has 1 heterocycles. The Balaban J connectivity index is 2.62. The van der Waals surface area contributed by atoms with E-state index in [4.69, 9.17) is 0 Å². The second kappa shape index (κ2) is 5.86. The van der Waals surface area contributed by atoms with Gasteiger partial charge in [0, 0.05) is 18.3 Å². The van der Waals surface area contributed by atoms with Crippen LogP contribution in [0.5, 0.6) is 5.88 Å². The molecule has 0 aromatic carbocycles. The molecule has 17 heavy (non-hydrogen) atoms. The van der Waals surface area contributed by atoms with Crippen molar-refractivity contribution in [1.82, 2.24) is 10.3 Å². The third kappa shape index (κ3) is 5.04. The number of pyridine rings is 1. The summed E-state index contributed by atoms with van der Waals surface area (Å²) in [6.07, 6.45) is -4.34. The van der Waals surface area contributed by atoms with Crippen LogP contribution in [0.1, 0.15) is 18.2 Å². The molecule has 0 radical (unpaired) electrons. The predicted molar refractivity (Wildman–Crippen MR) is 57.9 cm³/mol. The molecule has 1 rings (SSSR count). The van der Waals surface area contributed by atoms with E-state index in [1.807, 2.05) is 6.92 Å². The first kappa shape index (κ1) is 13.8. The third-order valence-electron chi connectivity index (χ3n) is 2.12. The van der Waals surface area contributed by atoms with Crippen LogP contribution in [0.25, 0.3) is 0 Å². The van der Waals surface area contributed by atoms with Crippen LogP contribution in [0.2, 0.25) is 0 Å². The van der Waals surface area contributed by atoms with Gasteiger partial charge in [0.1, 0.15) is 0 Å². The maximum absolute atomic E-state index is 11.9. The maximum atomic E-state index is 11.9. The van der Waals surface area contributed by atoms with Gasteiger partial charge in [-0.1, -0.05) is 13.0 Å². The number of halogens is 3. The average molecular weight is 248 g/mol. The van der Waals surface area contributed by atoms with Crippen molar-refractivity contribution in [1.29, 1.82) is 0 Å². The van der Waals surface area contributed by atoms with Gasteiger partial charge in [0.25, 0.3) is 0 Å². The number of ether oxygens (including phenoxy) is 1. The summed E-state index contributed by atoms with van der Waals surface area (Å²) < 4.78 is 40.3. The Kier molecular flexibility index (Phi) is 4.74. The predicted octanol–water partition coefficient (Wildman–Crippen LogP) is 2.44. The van der Waals surface area contributed by atoms with Crippen molar-refractivity contribution in [2.45, 2.75) is 26.6 Å². The van der Waals surface area contributed by atoms with Crippen molar-refractivity contribution in [2.24, 2.45) is 0 Å². The Morgan fingerprint density at radius 3 is 2.59 bits per heavy atom. The fourth-order valence-corrected chi connectivity index (χ4v) is 1.25. The minimum absolute atomic E-state index is 0.0000680. The molecule has 1 N–H and O–H groups in total. The monoisotopic (exact) mass is 248 g/mol. The molecule has 3 nitrogen and oxygen atoms in total. The molecule has 6 heteroatoms. The molecule has 1 aromatic rings. The normalized spacial score (nSPS) is 11.6. The van der Waals surface area contributed by atoms with Gasteiger partial charge in [-0.2, -0.15) is 13.2 Å². The highest BCUT2D eigenvalue weighted by Gasteiger charge is 2.28. The van der Waals surface area contributed by atoms with Gasteiger partial charge in [-0.05, 0) is 19.0 Å². The number of aryl methyl sites for hydroxylation is 1. The molecular weight excluding hydrogens is 233 g/mol. The summed E-state index contributed by atoms with van der Waals surface area (Å²) in [5, 5.41) is 3.12. The number of nitrogens with zero attached hydrogens (tertiary/aromatic N) is 1. The number of alkyl halides is 3. The van der Waals surface area contributed by atoms with Crippen molar-refractivity contribution < 1.29 is 17.9 Å². The van der Waals surface area contributed by atoms with E-state index in [1.165, 1.54) is 6.07 Å². The number of hydrogen-bond donors (Lipinski definition) is 1. The van der Waals surface area contributed by atoms with Crippen LogP contribution in [-0.2, 0) is 6.54 Å². The second-order valence-electron chi connectivity index (χ2n) is 3.58. The summed E-state index contributed by atoms with van der Waals surface area (Å²) in [6.45, 7) is 3.88. The fraction of sp³-hybridized carbons (Fsp3) is 0.545. The molecule has 0 fully saturated rings. The average Bonchev–Trinajstić information content (AvgIpc) is 2.24.